The second-order valence-corrected chi connectivity index (χ2v) is 5.24. The number of nitro groups is 1. The predicted octanol–water partition coefficient (Wildman–Crippen LogP) is 4.75. The van der Waals surface area contributed by atoms with Crippen molar-refractivity contribution in [2.24, 2.45) is 0 Å². The van der Waals surface area contributed by atoms with Crippen LogP contribution in [0.2, 0.25) is 0 Å². The Kier molecular flexibility index (Phi) is 4.43. The summed E-state index contributed by atoms with van der Waals surface area (Å²) < 4.78 is 5.56. The molecule has 0 spiro atoms. The molecule has 0 aromatic heterocycles. The van der Waals surface area contributed by atoms with Gasteiger partial charge in [0, 0.05) is 6.07 Å². The summed E-state index contributed by atoms with van der Waals surface area (Å²) in [6, 6.07) is 20.4. The quantitative estimate of drug-likeness (QED) is 0.536. The smallest absolute Gasteiger partial charge is 0.335 e. The third-order valence-electron chi connectivity index (χ3n) is 3.59. The molecule has 0 heterocycles. The van der Waals surface area contributed by atoms with Crippen LogP contribution in [-0.4, -0.2) is 16.0 Å². The van der Waals surface area contributed by atoms with Crippen molar-refractivity contribution in [2.45, 2.75) is 0 Å². The molecule has 1 N–H and O–H groups in total. The molecule has 3 aromatic carbocycles. The van der Waals surface area contributed by atoms with Gasteiger partial charge in [0.05, 0.1) is 10.5 Å². The number of benzene rings is 3. The number of carbonyl (C=O) groups is 1. The molecule has 0 saturated carbocycles. The SMILES string of the molecule is O=C(O)c1ccc(Oc2ccc(-c3ccccc3)cc2)c([N+](=O)[O-])c1. The molecule has 0 fully saturated rings. The van der Waals surface area contributed by atoms with E-state index >= 15 is 0 Å². The minimum absolute atomic E-state index is 0.0116. The molecule has 0 saturated heterocycles. The summed E-state index contributed by atoms with van der Waals surface area (Å²) in [5, 5.41) is 20.1. The van der Waals surface area contributed by atoms with E-state index in [1.807, 2.05) is 42.5 Å². The Morgan fingerprint density at radius 1 is 0.920 bits per heavy atom. The molecule has 0 aliphatic heterocycles. The summed E-state index contributed by atoms with van der Waals surface area (Å²) in [5.74, 6) is -0.824. The van der Waals surface area contributed by atoms with Gasteiger partial charge in [0.2, 0.25) is 5.75 Å². The molecular weight excluding hydrogens is 322 g/mol. The Morgan fingerprint density at radius 2 is 1.56 bits per heavy atom. The average Bonchev–Trinajstić information content (AvgIpc) is 2.63. The van der Waals surface area contributed by atoms with E-state index in [2.05, 4.69) is 0 Å². The van der Waals surface area contributed by atoms with E-state index in [0.717, 1.165) is 17.2 Å². The van der Waals surface area contributed by atoms with Gasteiger partial charge in [-0.25, -0.2) is 4.79 Å². The normalized spacial score (nSPS) is 10.2. The van der Waals surface area contributed by atoms with Gasteiger partial charge in [-0.1, -0.05) is 42.5 Å². The van der Waals surface area contributed by atoms with Gasteiger partial charge < -0.3 is 9.84 Å². The lowest BCUT2D eigenvalue weighted by atomic mass is 10.1. The van der Waals surface area contributed by atoms with E-state index < -0.39 is 16.6 Å². The molecule has 0 amide bonds. The number of aromatic carboxylic acids is 1. The number of nitro benzene ring substituents is 1. The maximum Gasteiger partial charge on any atom is 0.335 e. The van der Waals surface area contributed by atoms with E-state index in [1.54, 1.807) is 12.1 Å². The molecule has 0 radical (unpaired) electrons. The number of ether oxygens (including phenoxy) is 1. The number of carboxylic acid groups (broad SMARTS) is 1. The molecule has 0 bridgehead atoms. The van der Waals surface area contributed by atoms with Gasteiger partial charge in [-0.3, -0.25) is 10.1 Å². The minimum atomic E-state index is -1.23. The molecule has 0 aliphatic carbocycles. The van der Waals surface area contributed by atoms with E-state index in [-0.39, 0.29) is 11.3 Å². The van der Waals surface area contributed by atoms with Crippen LogP contribution in [0.4, 0.5) is 5.69 Å². The van der Waals surface area contributed by atoms with Crippen molar-refractivity contribution in [3.05, 3.63) is 88.5 Å². The molecule has 124 valence electrons. The maximum atomic E-state index is 11.2. The van der Waals surface area contributed by atoms with Gasteiger partial charge in [0.25, 0.3) is 0 Å². The molecule has 3 rings (SSSR count). The van der Waals surface area contributed by atoms with Crippen LogP contribution in [0.3, 0.4) is 0 Å². The van der Waals surface area contributed by atoms with Crippen LogP contribution in [0.5, 0.6) is 11.5 Å². The monoisotopic (exact) mass is 335 g/mol. The lowest BCUT2D eigenvalue weighted by Gasteiger charge is -2.08. The molecule has 25 heavy (non-hydrogen) atoms. The summed E-state index contributed by atoms with van der Waals surface area (Å²) in [6.45, 7) is 0. The number of hydrogen-bond acceptors (Lipinski definition) is 4. The van der Waals surface area contributed by atoms with Crippen molar-refractivity contribution in [3.63, 3.8) is 0 Å². The fourth-order valence-electron chi connectivity index (χ4n) is 2.35. The highest BCUT2D eigenvalue weighted by atomic mass is 16.6. The highest BCUT2D eigenvalue weighted by Crippen LogP contribution is 2.33. The van der Waals surface area contributed by atoms with Crippen molar-refractivity contribution in [3.8, 4) is 22.6 Å². The fourth-order valence-corrected chi connectivity index (χ4v) is 2.35. The van der Waals surface area contributed by atoms with Crippen LogP contribution >= 0.6 is 0 Å². The van der Waals surface area contributed by atoms with Gasteiger partial charge in [-0.2, -0.15) is 0 Å². The molecule has 3 aromatic rings. The first-order valence-electron chi connectivity index (χ1n) is 7.39. The lowest BCUT2D eigenvalue weighted by Crippen LogP contribution is -2.00. The molecule has 6 nitrogen and oxygen atoms in total. The van der Waals surface area contributed by atoms with Gasteiger partial charge in [-0.05, 0) is 35.4 Å². The number of carboxylic acids is 1. The molecular formula is C19H13NO5. The predicted molar refractivity (Wildman–Crippen MR) is 92.0 cm³/mol. The molecule has 0 aliphatic rings. The van der Waals surface area contributed by atoms with Crippen molar-refractivity contribution >= 4 is 11.7 Å². The highest BCUT2D eigenvalue weighted by molar-refractivity contribution is 5.89. The van der Waals surface area contributed by atoms with Crippen molar-refractivity contribution in [1.82, 2.24) is 0 Å². The lowest BCUT2D eigenvalue weighted by molar-refractivity contribution is -0.385. The first-order chi connectivity index (χ1) is 12.0. The van der Waals surface area contributed by atoms with Crippen LogP contribution in [0, 0.1) is 10.1 Å². The van der Waals surface area contributed by atoms with Gasteiger partial charge in [0.15, 0.2) is 0 Å². The topological polar surface area (TPSA) is 89.7 Å². The summed E-state index contributed by atoms with van der Waals surface area (Å²) >= 11 is 0. The fraction of sp³-hybridized carbons (Fsp3) is 0. The Bertz CT molecular complexity index is 920. The van der Waals surface area contributed by atoms with Crippen LogP contribution in [0.15, 0.2) is 72.8 Å². The summed E-state index contributed by atoms with van der Waals surface area (Å²) in [5.41, 5.74) is 1.47. The summed E-state index contributed by atoms with van der Waals surface area (Å²) in [4.78, 5) is 21.4. The first kappa shape index (κ1) is 16.2. The summed E-state index contributed by atoms with van der Waals surface area (Å²) in [6.07, 6.45) is 0. The van der Waals surface area contributed by atoms with E-state index in [1.165, 1.54) is 12.1 Å². The van der Waals surface area contributed by atoms with E-state index in [0.29, 0.717) is 5.75 Å². The third kappa shape index (κ3) is 3.64. The van der Waals surface area contributed by atoms with E-state index in [9.17, 15) is 14.9 Å². The zero-order valence-electron chi connectivity index (χ0n) is 13.0. The minimum Gasteiger partial charge on any atom is -0.478 e. The van der Waals surface area contributed by atoms with Crippen LogP contribution in [-0.2, 0) is 0 Å². The molecule has 0 atom stereocenters. The largest absolute Gasteiger partial charge is 0.478 e. The van der Waals surface area contributed by atoms with Crippen molar-refractivity contribution < 1.29 is 19.6 Å². The van der Waals surface area contributed by atoms with Gasteiger partial charge in [0.1, 0.15) is 5.75 Å². The van der Waals surface area contributed by atoms with Crippen molar-refractivity contribution in [2.75, 3.05) is 0 Å². The maximum absolute atomic E-state index is 11.2. The Balaban J connectivity index is 1.87. The molecule has 6 heteroatoms. The van der Waals surface area contributed by atoms with Crippen LogP contribution in [0.1, 0.15) is 10.4 Å². The third-order valence-corrected chi connectivity index (χ3v) is 3.59. The first-order valence-corrected chi connectivity index (χ1v) is 7.39. The standard InChI is InChI=1S/C19H13NO5/c21-19(22)15-8-11-18(17(12-15)20(23)24)25-16-9-6-14(7-10-16)13-4-2-1-3-5-13/h1-12H,(H,21,22). The number of hydrogen-bond donors (Lipinski definition) is 1. The second-order valence-electron chi connectivity index (χ2n) is 5.24. The number of rotatable bonds is 5. The molecule has 0 unspecified atom stereocenters. The summed E-state index contributed by atoms with van der Waals surface area (Å²) in [7, 11) is 0. The van der Waals surface area contributed by atoms with Gasteiger partial charge in [-0.15, -0.1) is 0 Å². The number of nitrogens with zero attached hydrogens (tertiary/aromatic N) is 1. The van der Waals surface area contributed by atoms with Crippen LogP contribution in [0.25, 0.3) is 11.1 Å². The van der Waals surface area contributed by atoms with Crippen LogP contribution < -0.4 is 4.74 Å². The Morgan fingerprint density at radius 3 is 2.16 bits per heavy atom. The zero-order valence-corrected chi connectivity index (χ0v) is 13.0. The second kappa shape index (κ2) is 6.84. The highest BCUT2D eigenvalue weighted by Gasteiger charge is 2.19. The van der Waals surface area contributed by atoms with Gasteiger partial charge >= 0.3 is 11.7 Å². The average molecular weight is 335 g/mol. The van der Waals surface area contributed by atoms with Crippen molar-refractivity contribution in [1.29, 1.82) is 0 Å². The Labute approximate surface area is 143 Å². The van der Waals surface area contributed by atoms with E-state index in [4.69, 9.17) is 9.84 Å². The zero-order chi connectivity index (χ0) is 17.8. The Hall–Kier alpha value is -3.67.